The van der Waals surface area contributed by atoms with Gasteiger partial charge in [-0.3, -0.25) is 5.10 Å². The van der Waals surface area contributed by atoms with Gasteiger partial charge in [0.15, 0.2) is 0 Å². The minimum absolute atomic E-state index is 0.000400. The first-order chi connectivity index (χ1) is 12.8. The van der Waals surface area contributed by atoms with Gasteiger partial charge in [-0.15, -0.1) is 0 Å². The molecule has 0 aliphatic carbocycles. The van der Waals surface area contributed by atoms with E-state index in [1.807, 2.05) is 11.2 Å². The van der Waals surface area contributed by atoms with Crippen LogP contribution < -0.4 is 0 Å². The van der Waals surface area contributed by atoms with Crippen molar-refractivity contribution in [2.24, 2.45) is 0 Å². The summed E-state index contributed by atoms with van der Waals surface area (Å²) in [5.74, 6) is 0. The zero-order valence-electron chi connectivity index (χ0n) is 14.5. The largest absolute Gasteiger partial charge is 0.433 e. The van der Waals surface area contributed by atoms with Gasteiger partial charge in [-0.25, -0.2) is 0 Å². The summed E-state index contributed by atoms with van der Waals surface area (Å²) in [5.41, 5.74) is 2.61. The highest BCUT2D eigenvalue weighted by atomic mass is 19.4. The number of rotatable bonds is 3. The van der Waals surface area contributed by atoms with Crippen molar-refractivity contribution in [2.75, 3.05) is 0 Å². The van der Waals surface area contributed by atoms with Crippen LogP contribution in [0.3, 0.4) is 0 Å². The Hall–Kier alpha value is -3.52. The Kier molecular flexibility index (Phi) is 4.50. The Balaban J connectivity index is 2.11. The predicted octanol–water partition coefficient (Wildman–Crippen LogP) is 4.31. The maximum absolute atomic E-state index is 13.1. The molecule has 0 fully saturated rings. The minimum atomic E-state index is -4.53. The molecule has 0 unspecified atom stereocenters. The highest BCUT2D eigenvalue weighted by Gasteiger charge is 2.35. The molecule has 1 N–H and O–H groups in total. The molecule has 3 rings (SSSR count). The van der Waals surface area contributed by atoms with Gasteiger partial charge in [0.25, 0.3) is 0 Å². The van der Waals surface area contributed by atoms with E-state index in [4.69, 9.17) is 5.26 Å². The van der Waals surface area contributed by atoms with Gasteiger partial charge in [-0.1, -0.05) is 12.1 Å². The molecule has 0 saturated carbocycles. The van der Waals surface area contributed by atoms with Crippen LogP contribution in [0.2, 0.25) is 0 Å². The molecule has 0 atom stereocenters. The molecule has 136 valence electrons. The number of nitrogens with one attached hydrogen (secondary N) is 1. The van der Waals surface area contributed by atoms with Crippen LogP contribution in [0.1, 0.15) is 33.8 Å². The van der Waals surface area contributed by atoms with Crippen molar-refractivity contribution in [1.82, 2.24) is 14.8 Å². The average molecular weight is 369 g/mol. The number of nitriles is 2. The minimum Gasteiger partial charge on any atom is -0.343 e. The summed E-state index contributed by atoms with van der Waals surface area (Å²) in [5, 5.41) is 24.0. The first kappa shape index (κ1) is 18.3. The van der Waals surface area contributed by atoms with Gasteiger partial charge >= 0.3 is 6.18 Å². The van der Waals surface area contributed by atoms with Crippen molar-refractivity contribution < 1.29 is 13.2 Å². The van der Waals surface area contributed by atoms with Crippen LogP contribution in [0.4, 0.5) is 13.2 Å². The molecule has 3 aromatic rings. The SMILES string of the molecule is Cc1c(C#N)c(-c2ccc(C#N)cc2)c(C)n1Cc1cn[nH]c1C(F)(F)F. The Morgan fingerprint density at radius 3 is 2.30 bits per heavy atom. The number of nitrogens with zero attached hydrogens (tertiary/aromatic N) is 4. The third-order valence-electron chi connectivity index (χ3n) is 4.53. The Bertz CT molecular complexity index is 1070. The van der Waals surface area contributed by atoms with E-state index in [2.05, 4.69) is 11.2 Å². The third kappa shape index (κ3) is 3.18. The second kappa shape index (κ2) is 6.65. The summed E-state index contributed by atoms with van der Waals surface area (Å²) in [6.45, 7) is 3.40. The molecule has 0 radical (unpaired) electrons. The topological polar surface area (TPSA) is 81.2 Å². The van der Waals surface area contributed by atoms with Gasteiger partial charge in [0.1, 0.15) is 11.8 Å². The second-order valence-electron chi connectivity index (χ2n) is 6.08. The fourth-order valence-electron chi connectivity index (χ4n) is 3.17. The lowest BCUT2D eigenvalue weighted by atomic mass is 10.0. The van der Waals surface area contributed by atoms with E-state index in [-0.39, 0.29) is 12.1 Å². The number of aromatic amines is 1. The van der Waals surface area contributed by atoms with Gasteiger partial charge < -0.3 is 4.57 Å². The van der Waals surface area contributed by atoms with Crippen LogP contribution in [-0.4, -0.2) is 14.8 Å². The van der Waals surface area contributed by atoms with Crippen LogP contribution in [-0.2, 0) is 12.7 Å². The fourth-order valence-corrected chi connectivity index (χ4v) is 3.17. The van der Waals surface area contributed by atoms with Crippen LogP contribution >= 0.6 is 0 Å². The van der Waals surface area contributed by atoms with Crippen molar-refractivity contribution >= 4 is 0 Å². The highest BCUT2D eigenvalue weighted by Crippen LogP contribution is 2.35. The number of alkyl halides is 3. The van der Waals surface area contributed by atoms with E-state index in [0.29, 0.717) is 28.1 Å². The molecular formula is C19H14F3N5. The van der Waals surface area contributed by atoms with Gasteiger partial charge in [0, 0.05) is 22.5 Å². The average Bonchev–Trinajstić information content (AvgIpc) is 3.20. The normalized spacial score (nSPS) is 11.2. The molecule has 0 amide bonds. The lowest BCUT2D eigenvalue weighted by Gasteiger charge is -2.11. The van der Waals surface area contributed by atoms with E-state index in [1.54, 1.807) is 42.7 Å². The van der Waals surface area contributed by atoms with Gasteiger partial charge in [-0.2, -0.15) is 28.8 Å². The molecule has 0 saturated heterocycles. The van der Waals surface area contributed by atoms with Crippen molar-refractivity contribution in [1.29, 1.82) is 10.5 Å². The van der Waals surface area contributed by atoms with Crippen LogP contribution in [0.15, 0.2) is 30.5 Å². The van der Waals surface area contributed by atoms with Crippen LogP contribution in [0.5, 0.6) is 0 Å². The summed E-state index contributed by atoms with van der Waals surface area (Å²) in [6, 6.07) is 10.9. The predicted molar refractivity (Wildman–Crippen MR) is 91.5 cm³/mol. The lowest BCUT2D eigenvalue weighted by Crippen LogP contribution is -2.12. The monoisotopic (exact) mass is 369 g/mol. The summed E-state index contributed by atoms with van der Waals surface area (Å²) in [6.07, 6.45) is -3.38. The first-order valence-electron chi connectivity index (χ1n) is 7.97. The fraction of sp³-hybridized carbons (Fsp3) is 0.211. The molecule has 27 heavy (non-hydrogen) atoms. The number of benzene rings is 1. The quantitative estimate of drug-likeness (QED) is 0.747. The van der Waals surface area contributed by atoms with Crippen molar-refractivity contribution in [3.8, 4) is 23.3 Å². The van der Waals surface area contributed by atoms with Crippen LogP contribution in [0, 0.1) is 36.5 Å². The van der Waals surface area contributed by atoms with E-state index in [9.17, 15) is 18.4 Å². The zero-order chi connectivity index (χ0) is 19.8. The number of aromatic nitrogens is 3. The highest BCUT2D eigenvalue weighted by molar-refractivity contribution is 5.75. The summed E-state index contributed by atoms with van der Waals surface area (Å²) < 4.78 is 41.0. The van der Waals surface area contributed by atoms with E-state index in [1.165, 1.54) is 0 Å². The Labute approximate surface area is 153 Å². The molecule has 2 aromatic heterocycles. The molecule has 2 heterocycles. The summed E-state index contributed by atoms with van der Waals surface area (Å²) in [4.78, 5) is 0. The van der Waals surface area contributed by atoms with Crippen molar-refractivity contribution in [3.05, 3.63) is 64.2 Å². The zero-order valence-corrected chi connectivity index (χ0v) is 14.5. The van der Waals surface area contributed by atoms with Gasteiger partial charge in [0.2, 0.25) is 0 Å². The smallest absolute Gasteiger partial charge is 0.343 e. The van der Waals surface area contributed by atoms with Gasteiger partial charge in [-0.05, 0) is 31.5 Å². The molecule has 0 aliphatic heterocycles. The molecule has 8 heteroatoms. The molecular weight excluding hydrogens is 355 g/mol. The van der Waals surface area contributed by atoms with E-state index < -0.39 is 11.9 Å². The summed E-state index contributed by atoms with van der Waals surface area (Å²) >= 11 is 0. The second-order valence-corrected chi connectivity index (χ2v) is 6.08. The lowest BCUT2D eigenvalue weighted by molar-refractivity contribution is -0.141. The van der Waals surface area contributed by atoms with Gasteiger partial charge in [0.05, 0.1) is 29.9 Å². The maximum atomic E-state index is 13.1. The number of hydrogen-bond acceptors (Lipinski definition) is 3. The Morgan fingerprint density at radius 2 is 1.74 bits per heavy atom. The third-order valence-corrected chi connectivity index (χ3v) is 4.53. The van der Waals surface area contributed by atoms with Crippen molar-refractivity contribution in [2.45, 2.75) is 26.6 Å². The van der Waals surface area contributed by atoms with Crippen molar-refractivity contribution in [3.63, 3.8) is 0 Å². The Morgan fingerprint density at radius 1 is 1.07 bits per heavy atom. The van der Waals surface area contributed by atoms with E-state index >= 15 is 0 Å². The number of H-pyrrole nitrogens is 1. The number of halogens is 3. The number of hydrogen-bond donors (Lipinski definition) is 1. The standard InChI is InChI=1S/C19H14F3N5/c1-11-16(8-24)17(14-5-3-13(7-23)4-6-14)12(2)27(11)10-15-9-25-26-18(15)19(20,21)22/h3-6,9H,10H2,1-2H3,(H,25,26). The summed E-state index contributed by atoms with van der Waals surface area (Å²) in [7, 11) is 0. The molecule has 1 aromatic carbocycles. The molecule has 0 spiro atoms. The molecule has 0 bridgehead atoms. The molecule has 0 aliphatic rings. The maximum Gasteiger partial charge on any atom is 0.433 e. The van der Waals surface area contributed by atoms with Crippen LogP contribution in [0.25, 0.3) is 11.1 Å². The first-order valence-corrected chi connectivity index (χ1v) is 7.97. The molecule has 5 nitrogen and oxygen atoms in total. The van der Waals surface area contributed by atoms with E-state index in [0.717, 1.165) is 11.8 Å².